The molecule has 8 heteroatoms. The van der Waals surface area contributed by atoms with E-state index in [4.69, 9.17) is 21.2 Å². The molecule has 2 aromatic carbocycles. The maximum atomic E-state index is 12.4. The topological polar surface area (TPSA) is 89.0 Å². The summed E-state index contributed by atoms with van der Waals surface area (Å²) < 4.78 is 5.34. The van der Waals surface area contributed by atoms with E-state index in [1.807, 2.05) is 18.2 Å². The fraction of sp³-hybridized carbons (Fsp3) is 0.167. The highest BCUT2D eigenvalue weighted by Gasteiger charge is 2.30. The number of anilines is 2. The van der Waals surface area contributed by atoms with E-state index in [-0.39, 0.29) is 18.4 Å². The summed E-state index contributed by atoms with van der Waals surface area (Å²) >= 11 is 6.16. The van der Waals surface area contributed by atoms with Crippen molar-refractivity contribution in [2.45, 2.75) is 12.5 Å². The van der Waals surface area contributed by atoms with E-state index in [1.165, 1.54) is 0 Å². The fourth-order valence-electron chi connectivity index (χ4n) is 2.75. The van der Waals surface area contributed by atoms with Crippen molar-refractivity contribution in [3.05, 3.63) is 53.1 Å². The van der Waals surface area contributed by atoms with E-state index >= 15 is 0 Å². The fourth-order valence-corrected chi connectivity index (χ4v) is 2.99. The van der Waals surface area contributed by atoms with E-state index in [9.17, 15) is 9.59 Å². The first-order valence-electron chi connectivity index (χ1n) is 7.95. The smallest absolute Gasteiger partial charge is 0.268 e. The number of hydrogen-bond donors (Lipinski definition) is 2. The maximum absolute atomic E-state index is 12.4. The number of halogens is 1. The van der Waals surface area contributed by atoms with Crippen LogP contribution < -0.4 is 15.4 Å². The Morgan fingerprint density at radius 2 is 2.12 bits per heavy atom. The standard InChI is InChI=1S/C18H14ClN3O4/c19-12-4-2-1-3-11(12)14-8-16(26-22-14)18(24)20-10-5-6-13-15(7-10)25-9-17(23)21-13/h1-7,16H,8-9H2,(H,20,24)(H,21,23). The Morgan fingerprint density at radius 3 is 2.96 bits per heavy atom. The van der Waals surface area contributed by atoms with E-state index in [2.05, 4.69) is 15.8 Å². The number of hydrogen-bond acceptors (Lipinski definition) is 5. The van der Waals surface area contributed by atoms with Gasteiger partial charge >= 0.3 is 0 Å². The Hall–Kier alpha value is -3.06. The zero-order valence-electron chi connectivity index (χ0n) is 13.5. The largest absolute Gasteiger partial charge is 0.482 e. The molecule has 0 aromatic heterocycles. The molecule has 2 amide bonds. The van der Waals surface area contributed by atoms with Crippen LogP contribution in [0.1, 0.15) is 12.0 Å². The second kappa shape index (κ2) is 6.68. The molecule has 0 spiro atoms. The lowest BCUT2D eigenvalue weighted by Gasteiger charge is -2.19. The van der Waals surface area contributed by atoms with Gasteiger partial charge in [0, 0.05) is 28.8 Å². The number of carbonyl (C=O) groups excluding carboxylic acids is 2. The van der Waals surface area contributed by atoms with Gasteiger partial charge in [-0.1, -0.05) is 35.0 Å². The van der Waals surface area contributed by atoms with Crippen molar-refractivity contribution in [1.82, 2.24) is 0 Å². The van der Waals surface area contributed by atoms with Crippen LogP contribution >= 0.6 is 11.6 Å². The lowest BCUT2D eigenvalue weighted by Crippen LogP contribution is -2.28. The van der Waals surface area contributed by atoms with Crippen LogP contribution in [0, 0.1) is 0 Å². The van der Waals surface area contributed by atoms with Gasteiger partial charge in [0.2, 0.25) is 6.10 Å². The molecular formula is C18H14ClN3O4. The first kappa shape index (κ1) is 16.4. The molecule has 1 unspecified atom stereocenters. The third-order valence-electron chi connectivity index (χ3n) is 4.03. The van der Waals surface area contributed by atoms with Crippen molar-refractivity contribution in [2.75, 3.05) is 17.2 Å². The molecule has 1 atom stereocenters. The summed E-state index contributed by atoms with van der Waals surface area (Å²) in [5.41, 5.74) is 2.50. The summed E-state index contributed by atoms with van der Waals surface area (Å²) in [5.74, 6) is -0.0313. The van der Waals surface area contributed by atoms with Crippen LogP contribution in [0.5, 0.6) is 5.75 Å². The number of benzene rings is 2. The van der Waals surface area contributed by atoms with Crippen LogP contribution in [0.15, 0.2) is 47.6 Å². The molecular weight excluding hydrogens is 358 g/mol. The molecule has 0 radical (unpaired) electrons. The van der Waals surface area contributed by atoms with Gasteiger partial charge in [0.15, 0.2) is 6.61 Å². The highest BCUT2D eigenvalue weighted by Crippen LogP contribution is 2.31. The molecule has 132 valence electrons. The van der Waals surface area contributed by atoms with Crippen LogP contribution in [-0.4, -0.2) is 30.2 Å². The third kappa shape index (κ3) is 3.21. The highest BCUT2D eigenvalue weighted by molar-refractivity contribution is 6.34. The Labute approximate surface area is 153 Å². The lowest BCUT2D eigenvalue weighted by molar-refractivity contribution is -0.125. The second-order valence-electron chi connectivity index (χ2n) is 5.85. The highest BCUT2D eigenvalue weighted by atomic mass is 35.5. The first-order chi connectivity index (χ1) is 12.6. The monoisotopic (exact) mass is 371 g/mol. The maximum Gasteiger partial charge on any atom is 0.268 e. The van der Waals surface area contributed by atoms with Gasteiger partial charge < -0.3 is 20.2 Å². The average molecular weight is 372 g/mol. The molecule has 7 nitrogen and oxygen atoms in total. The number of rotatable bonds is 3. The quantitative estimate of drug-likeness (QED) is 0.868. The Kier molecular flexibility index (Phi) is 4.22. The number of carbonyl (C=O) groups is 2. The summed E-state index contributed by atoms with van der Waals surface area (Å²) in [6.07, 6.45) is -0.412. The Bertz CT molecular complexity index is 928. The minimum Gasteiger partial charge on any atom is -0.482 e. The zero-order chi connectivity index (χ0) is 18.1. The normalized spacial score (nSPS) is 18.1. The molecule has 0 aliphatic carbocycles. The number of ether oxygens (including phenoxy) is 1. The van der Waals surface area contributed by atoms with Crippen molar-refractivity contribution < 1.29 is 19.2 Å². The van der Waals surface area contributed by atoms with Gasteiger partial charge in [-0.25, -0.2) is 0 Å². The molecule has 0 bridgehead atoms. The van der Waals surface area contributed by atoms with E-state index in [0.29, 0.717) is 34.3 Å². The Morgan fingerprint density at radius 1 is 1.27 bits per heavy atom. The van der Waals surface area contributed by atoms with Crippen LogP contribution in [0.3, 0.4) is 0 Å². The van der Waals surface area contributed by atoms with Crippen LogP contribution in [0.25, 0.3) is 0 Å². The number of nitrogens with zero attached hydrogens (tertiary/aromatic N) is 1. The summed E-state index contributed by atoms with van der Waals surface area (Å²) in [6, 6.07) is 12.3. The predicted octanol–water partition coefficient (Wildman–Crippen LogP) is 2.80. The van der Waals surface area contributed by atoms with Crippen molar-refractivity contribution in [3.63, 3.8) is 0 Å². The molecule has 2 aliphatic heterocycles. The van der Waals surface area contributed by atoms with E-state index in [0.717, 1.165) is 5.56 Å². The number of fused-ring (bicyclic) bond motifs is 1. The molecule has 2 aromatic rings. The van der Waals surface area contributed by atoms with Crippen LogP contribution in [0.4, 0.5) is 11.4 Å². The summed E-state index contributed by atoms with van der Waals surface area (Å²) in [7, 11) is 0. The lowest BCUT2D eigenvalue weighted by atomic mass is 10.0. The molecule has 0 saturated carbocycles. The zero-order valence-corrected chi connectivity index (χ0v) is 14.2. The number of oxime groups is 1. The molecule has 2 aliphatic rings. The SMILES string of the molecule is O=C1COc2cc(NC(=O)C3CC(c4ccccc4Cl)=NO3)ccc2N1. The molecule has 0 saturated heterocycles. The van der Waals surface area contributed by atoms with Gasteiger partial charge in [-0.2, -0.15) is 0 Å². The van der Waals surface area contributed by atoms with E-state index in [1.54, 1.807) is 24.3 Å². The third-order valence-corrected chi connectivity index (χ3v) is 4.36. The van der Waals surface area contributed by atoms with E-state index < -0.39 is 6.10 Å². The van der Waals surface area contributed by atoms with Gasteiger partial charge in [-0.3, -0.25) is 9.59 Å². The Balaban J connectivity index is 1.42. The average Bonchev–Trinajstić information content (AvgIpc) is 3.12. The van der Waals surface area contributed by atoms with Gasteiger partial charge in [0.1, 0.15) is 5.75 Å². The van der Waals surface area contributed by atoms with Crippen LogP contribution in [-0.2, 0) is 14.4 Å². The molecule has 4 rings (SSSR count). The predicted molar refractivity (Wildman–Crippen MR) is 96.7 cm³/mol. The minimum atomic E-state index is -0.738. The molecule has 0 fully saturated rings. The van der Waals surface area contributed by atoms with Gasteiger partial charge in [0.05, 0.1) is 11.4 Å². The molecule has 26 heavy (non-hydrogen) atoms. The second-order valence-corrected chi connectivity index (χ2v) is 6.26. The minimum absolute atomic E-state index is 0.0504. The summed E-state index contributed by atoms with van der Waals surface area (Å²) in [5, 5.41) is 10.0. The van der Waals surface area contributed by atoms with Gasteiger partial charge in [0.25, 0.3) is 11.8 Å². The molecule has 2 N–H and O–H groups in total. The first-order valence-corrected chi connectivity index (χ1v) is 8.33. The number of nitrogens with one attached hydrogen (secondary N) is 2. The molecule has 2 heterocycles. The van der Waals surface area contributed by atoms with Gasteiger partial charge in [-0.15, -0.1) is 0 Å². The number of amides is 2. The summed E-state index contributed by atoms with van der Waals surface area (Å²) in [4.78, 5) is 29.0. The van der Waals surface area contributed by atoms with Crippen molar-refractivity contribution in [3.8, 4) is 5.75 Å². The van der Waals surface area contributed by atoms with Crippen LogP contribution in [0.2, 0.25) is 5.02 Å². The van der Waals surface area contributed by atoms with Crippen molar-refractivity contribution in [1.29, 1.82) is 0 Å². The summed E-state index contributed by atoms with van der Waals surface area (Å²) in [6.45, 7) is -0.0504. The van der Waals surface area contributed by atoms with Crippen molar-refractivity contribution in [2.24, 2.45) is 5.16 Å². The van der Waals surface area contributed by atoms with Gasteiger partial charge in [-0.05, 0) is 18.2 Å². The van der Waals surface area contributed by atoms with Crippen molar-refractivity contribution >= 4 is 40.5 Å².